The highest BCUT2D eigenvalue weighted by molar-refractivity contribution is 7.21. The van der Waals surface area contributed by atoms with Gasteiger partial charge in [-0.25, -0.2) is 4.98 Å². The summed E-state index contributed by atoms with van der Waals surface area (Å²) < 4.78 is 7.50. The summed E-state index contributed by atoms with van der Waals surface area (Å²) in [7, 11) is 0. The summed E-state index contributed by atoms with van der Waals surface area (Å²) in [5, 5.41) is 7.71. The van der Waals surface area contributed by atoms with Crippen LogP contribution in [0.2, 0.25) is 5.02 Å². The number of fused-ring (bicyclic) bond motifs is 2. The first-order chi connectivity index (χ1) is 18.1. The summed E-state index contributed by atoms with van der Waals surface area (Å²) in [5.41, 5.74) is 6.57. The van der Waals surface area contributed by atoms with Gasteiger partial charge in [-0.1, -0.05) is 66.2 Å². The molecule has 0 aliphatic heterocycles. The summed E-state index contributed by atoms with van der Waals surface area (Å²) in [6, 6.07) is 35.2. The number of thiazole rings is 1. The van der Waals surface area contributed by atoms with Crippen LogP contribution in [0.25, 0.3) is 31.6 Å². The standard InChI is InChI=1S/C32H25ClN2OS/c1-21-10-16-29-31(18-21)37-32(35-29)23-11-14-25(15-12-23)34-19-27-26-8-4-2-6-22(26)13-17-30(27)36-20-24-7-3-5-9-28(24)33/h2-18,34H,19-20H2,1H3. The first-order valence-electron chi connectivity index (χ1n) is 12.2. The number of nitrogens with one attached hydrogen (secondary N) is 1. The smallest absolute Gasteiger partial charge is 0.125 e. The first-order valence-corrected chi connectivity index (χ1v) is 13.4. The van der Waals surface area contributed by atoms with E-state index in [0.29, 0.717) is 18.2 Å². The Morgan fingerprint density at radius 1 is 0.865 bits per heavy atom. The fourth-order valence-electron chi connectivity index (χ4n) is 4.48. The zero-order valence-corrected chi connectivity index (χ0v) is 21.9. The first kappa shape index (κ1) is 23.5. The minimum absolute atomic E-state index is 0.418. The molecular weight excluding hydrogens is 496 g/mol. The van der Waals surface area contributed by atoms with Gasteiger partial charge in [0.1, 0.15) is 17.4 Å². The Bertz CT molecular complexity index is 1710. The number of aryl methyl sites for hydroxylation is 1. The van der Waals surface area contributed by atoms with Crippen LogP contribution in [-0.4, -0.2) is 4.98 Å². The number of nitrogens with zero attached hydrogens (tertiary/aromatic N) is 1. The van der Waals surface area contributed by atoms with Gasteiger partial charge in [0.05, 0.1) is 10.2 Å². The van der Waals surface area contributed by atoms with Crippen molar-refractivity contribution < 1.29 is 4.74 Å². The molecule has 5 aromatic carbocycles. The van der Waals surface area contributed by atoms with Crippen LogP contribution in [0.3, 0.4) is 0 Å². The maximum Gasteiger partial charge on any atom is 0.125 e. The van der Waals surface area contributed by atoms with E-state index in [0.717, 1.165) is 38.7 Å². The van der Waals surface area contributed by atoms with E-state index in [4.69, 9.17) is 21.3 Å². The molecule has 0 unspecified atom stereocenters. The Morgan fingerprint density at radius 3 is 2.54 bits per heavy atom. The van der Waals surface area contributed by atoms with Crippen molar-refractivity contribution in [2.45, 2.75) is 20.1 Å². The molecule has 1 aromatic heterocycles. The third-order valence-electron chi connectivity index (χ3n) is 6.48. The monoisotopic (exact) mass is 520 g/mol. The lowest BCUT2D eigenvalue weighted by Crippen LogP contribution is -2.05. The minimum Gasteiger partial charge on any atom is -0.488 e. The molecule has 6 rings (SSSR count). The van der Waals surface area contributed by atoms with E-state index < -0.39 is 0 Å². The van der Waals surface area contributed by atoms with E-state index in [9.17, 15) is 0 Å². The Labute approximate surface area is 225 Å². The van der Waals surface area contributed by atoms with Crippen molar-refractivity contribution in [1.82, 2.24) is 4.98 Å². The quantitative estimate of drug-likeness (QED) is 0.228. The largest absolute Gasteiger partial charge is 0.488 e. The van der Waals surface area contributed by atoms with Crippen LogP contribution < -0.4 is 10.1 Å². The molecule has 5 heteroatoms. The highest BCUT2D eigenvalue weighted by Crippen LogP contribution is 2.33. The van der Waals surface area contributed by atoms with Crippen molar-refractivity contribution in [2.75, 3.05) is 5.32 Å². The molecule has 0 saturated heterocycles. The number of hydrogen-bond acceptors (Lipinski definition) is 4. The van der Waals surface area contributed by atoms with Gasteiger partial charge in [-0.15, -0.1) is 11.3 Å². The molecule has 0 amide bonds. The lowest BCUT2D eigenvalue weighted by atomic mass is 10.0. The molecule has 3 nitrogen and oxygen atoms in total. The van der Waals surface area contributed by atoms with Crippen LogP contribution in [-0.2, 0) is 13.2 Å². The highest BCUT2D eigenvalue weighted by Gasteiger charge is 2.11. The number of hydrogen-bond donors (Lipinski definition) is 1. The Balaban J connectivity index is 1.23. The number of rotatable bonds is 7. The van der Waals surface area contributed by atoms with Gasteiger partial charge in [-0.3, -0.25) is 0 Å². The molecule has 6 aromatic rings. The maximum absolute atomic E-state index is 6.36. The van der Waals surface area contributed by atoms with Crippen LogP contribution in [0.5, 0.6) is 5.75 Å². The number of aromatic nitrogens is 1. The van der Waals surface area contributed by atoms with Crippen LogP contribution in [0, 0.1) is 6.92 Å². The summed E-state index contributed by atoms with van der Waals surface area (Å²) >= 11 is 8.09. The van der Waals surface area contributed by atoms with Crippen LogP contribution in [0.4, 0.5) is 5.69 Å². The average molecular weight is 521 g/mol. The minimum atomic E-state index is 0.418. The second kappa shape index (κ2) is 10.3. The van der Waals surface area contributed by atoms with Gasteiger partial charge in [0, 0.05) is 33.9 Å². The molecule has 0 atom stereocenters. The molecule has 0 aliphatic rings. The summed E-state index contributed by atoms with van der Waals surface area (Å²) in [6.07, 6.45) is 0. The highest BCUT2D eigenvalue weighted by atomic mass is 35.5. The van der Waals surface area contributed by atoms with Crippen molar-refractivity contribution in [1.29, 1.82) is 0 Å². The van der Waals surface area contributed by atoms with Gasteiger partial charge in [0.25, 0.3) is 0 Å². The normalized spacial score (nSPS) is 11.2. The van der Waals surface area contributed by atoms with E-state index in [2.05, 4.69) is 85.0 Å². The molecule has 0 aliphatic carbocycles. The molecule has 0 saturated carbocycles. The molecule has 0 fully saturated rings. The van der Waals surface area contributed by atoms with Gasteiger partial charge in [0.2, 0.25) is 0 Å². The predicted molar refractivity (Wildman–Crippen MR) is 157 cm³/mol. The van der Waals surface area contributed by atoms with Crippen LogP contribution >= 0.6 is 22.9 Å². The summed E-state index contributed by atoms with van der Waals surface area (Å²) in [4.78, 5) is 4.82. The van der Waals surface area contributed by atoms with Crippen LogP contribution in [0.15, 0.2) is 103 Å². The molecular formula is C32H25ClN2OS. The zero-order chi connectivity index (χ0) is 25.2. The van der Waals surface area contributed by atoms with Crippen molar-refractivity contribution >= 4 is 49.6 Å². The van der Waals surface area contributed by atoms with E-state index in [1.807, 2.05) is 30.3 Å². The number of anilines is 1. The van der Waals surface area contributed by atoms with Crippen LogP contribution in [0.1, 0.15) is 16.7 Å². The molecule has 0 spiro atoms. The maximum atomic E-state index is 6.36. The van der Waals surface area contributed by atoms with Gasteiger partial charge in [-0.05, 0) is 71.8 Å². The Morgan fingerprint density at radius 2 is 1.68 bits per heavy atom. The predicted octanol–water partition coefficient (Wildman–Crippen LogP) is 9.27. The molecule has 0 radical (unpaired) electrons. The summed E-state index contributed by atoms with van der Waals surface area (Å²) in [6.45, 7) is 3.17. The number of benzene rings is 5. The second-order valence-electron chi connectivity index (χ2n) is 9.06. The third-order valence-corrected chi connectivity index (χ3v) is 7.92. The van der Waals surface area contributed by atoms with Crippen molar-refractivity contribution in [3.8, 4) is 16.3 Å². The summed E-state index contributed by atoms with van der Waals surface area (Å²) in [5.74, 6) is 0.854. The third kappa shape index (κ3) is 5.04. The number of ether oxygens (including phenoxy) is 1. The molecule has 37 heavy (non-hydrogen) atoms. The van der Waals surface area contributed by atoms with Gasteiger partial charge >= 0.3 is 0 Å². The Hall–Kier alpha value is -3.86. The van der Waals surface area contributed by atoms with Crippen molar-refractivity contribution in [2.24, 2.45) is 0 Å². The topological polar surface area (TPSA) is 34.2 Å². The average Bonchev–Trinajstić information content (AvgIpc) is 3.35. The van der Waals surface area contributed by atoms with E-state index in [1.54, 1.807) is 11.3 Å². The lowest BCUT2D eigenvalue weighted by molar-refractivity contribution is 0.304. The fraction of sp³-hybridized carbons (Fsp3) is 0.0938. The second-order valence-corrected chi connectivity index (χ2v) is 10.5. The fourth-order valence-corrected chi connectivity index (χ4v) is 5.74. The molecule has 1 heterocycles. The number of halogens is 1. The lowest BCUT2D eigenvalue weighted by Gasteiger charge is -2.16. The van der Waals surface area contributed by atoms with E-state index >= 15 is 0 Å². The van der Waals surface area contributed by atoms with Gasteiger partial charge in [-0.2, -0.15) is 0 Å². The molecule has 0 bridgehead atoms. The van der Waals surface area contributed by atoms with E-state index in [-0.39, 0.29) is 0 Å². The van der Waals surface area contributed by atoms with Gasteiger partial charge in [0.15, 0.2) is 0 Å². The van der Waals surface area contributed by atoms with Crippen molar-refractivity contribution in [3.63, 3.8) is 0 Å². The SMILES string of the molecule is Cc1ccc2nc(-c3ccc(NCc4c(OCc5ccccc5Cl)ccc5ccccc45)cc3)sc2c1. The zero-order valence-electron chi connectivity index (χ0n) is 20.4. The Kier molecular flexibility index (Phi) is 6.52. The van der Waals surface area contributed by atoms with E-state index in [1.165, 1.54) is 21.0 Å². The molecule has 182 valence electrons. The van der Waals surface area contributed by atoms with Gasteiger partial charge < -0.3 is 10.1 Å². The molecule has 1 N–H and O–H groups in total. The van der Waals surface area contributed by atoms with Crippen molar-refractivity contribution in [3.05, 3.63) is 125 Å².